The smallest absolute Gasteiger partial charge is 0.306 e. The SMILES string of the molecule is O=C(O)CC1CN(C(=O)C=Cc2c(Cl)nc3ccccn23)CCO1. The molecule has 1 amide bonds. The molecule has 7 nitrogen and oxygen atoms in total. The van der Waals surface area contributed by atoms with E-state index < -0.39 is 12.1 Å². The molecule has 1 aliphatic rings. The van der Waals surface area contributed by atoms with Crippen LogP contribution < -0.4 is 0 Å². The molecule has 3 heterocycles. The Kier molecular flexibility index (Phi) is 4.82. The van der Waals surface area contributed by atoms with Gasteiger partial charge in [-0.1, -0.05) is 17.7 Å². The number of halogens is 1. The van der Waals surface area contributed by atoms with Gasteiger partial charge in [-0.15, -0.1) is 0 Å². The molecule has 0 radical (unpaired) electrons. The lowest BCUT2D eigenvalue weighted by molar-refractivity contribution is -0.145. The summed E-state index contributed by atoms with van der Waals surface area (Å²) in [5.74, 6) is -1.15. The minimum atomic E-state index is -0.942. The number of rotatable bonds is 4. The van der Waals surface area contributed by atoms with Gasteiger partial charge in [0.25, 0.3) is 0 Å². The highest BCUT2D eigenvalue weighted by Gasteiger charge is 2.24. The maximum atomic E-state index is 12.3. The Morgan fingerprint density at radius 1 is 1.46 bits per heavy atom. The number of amides is 1. The summed E-state index contributed by atoms with van der Waals surface area (Å²) in [6.45, 7) is 1.02. The third-order valence-corrected chi connectivity index (χ3v) is 4.04. The molecule has 1 unspecified atom stereocenters. The van der Waals surface area contributed by atoms with Crippen molar-refractivity contribution < 1.29 is 19.4 Å². The van der Waals surface area contributed by atoms with Crippen LogP contribution in [-0.2, 0) is 14.3 Å². The van der Waals surface area contributed by atoms with Gasteiger partial charge in [0.05, 0.1) is 24.8 Å². The van der Waals surface area contributed by atoms with E-state index >= 15 is 0 Å². The van der Waals surface area contributed by atoms with Crippen LogP contribution in [0.1, 0.15) is 12.1 Å². The lowest BCUT2D eigenvalue weighted by Gasteiger charge is -2.31. The number of carboxylic acids is 1. The number of aromatic nitrogens is 2. The number of aliphatic carboxylic acids is 1. The molecule has 3 rings (SSSR count). The van der Waals surface area contributed by atoms with Gasteiger partial charge in [-0.25, -0.2) is 4.98 Å². The molecular formula is C16H16ClN3O4. The molecule has 8 heteroatoms. The normalized spacial score (nSPS) is 18.4. The van der Waals surface area contributed by atoms with Gasteiger partial charge in [0.2, 0.25) is 5.91 Å². The predicted octanol–water partition coefficient (Wildman–Crippen LogP) is 1.70. The molecule has 0 aliphatic carbocycles. The van der Waals surface area contributed by atoms with Crippen LogP contribution in [0, 0.1) is 0 Å². The van der Waals surface area contributed by atoms with Crippen molar-refractivity contribution in [2.45, 2.75) is 12.5 Å². The molecule has 1 fully saturated rings. The average molecular weight is 350 g/mol. The minimum Gasteiger partial charge on any atom is -0.481 e. The Labute approximate surface area is 143 Å². The second-order valence-electron chi connectivity index (χ2n) is 5.42. The van der Waals surface area contributed by atoms with Crippen LogP contribution in [0.4, 0.5) is 0 Å². The van der Waals surface area contributed by atoms with Crippen molar-refractivity contribution in [1.29, 1.82) is 0 Å². The molecule has 1 N–H and O–H groups in total. The van der Waals surface area contributed by atoms with Crippen molar-refractivity contribution in [3.8, 4) is 0 Å². The summed E-state index contributed by atoms with van der Waals surface area (Å²) in [5, 5.41) is 9.14. The number of carboxylic acid groups (broad SMARTS) is 1. The van der Waals surface area contributed by atoms with Gasteiger partial charge in [0.1, 0.15) is 5.65 Å². The highest BCUT2D eigenvalue weighted by molar-refractivity contribution is 6.31. The molecule has 2 aromatic rings. The number of morpholine rings is 1. The molecular weight excluding hydrogens is 334 g/mol. The van der Waals surface area contributed by atoms with Crippen molar-refractivity contribution in [2.75, 3.05) is 19.7 Å². The molecule has 0 saturated carbocycles. The average Bonchev–Trinajstić information content (AvgIpc) is 2.87. The Balaban J connectivity index is 1.72. The van der Waals surface area contributed by atoms with Crippen LogP contribution in [0.3, 0.4) is 0 Å². The van der Waals surface area contributed by atoms with Crippen LogP contribution in [0.5, 0.6) is 0 Å². The lowest BCUT2D eigenvalue weighted by atomic mass is 10.2. The summed E-state index contributed by atoms with van der Waals surface area (Å²) >= 11 is 6.12. The number of carbonyl (C=O) groups is 2. The van der Waals surface area contributed by atoms with E-state index in [1.54, 1.807) is 15.4 Å². The molecule has 0 aromatic carbocycles. The van der Waals surface area contributed by atoms with E-state index in [1.165, 1.54) is 6.08 Å². The second kappa shape index (κ2) is 7.02. The third-order valence-electron chi connectivity index (χ3n) is 3.76. The zero-order chi connectivity index (χ0) is 17.1. The summed E-state index contributed by atoms with van der Waals surface area (Å²) in [6.07, 6.45) is 4.26. The standard InChI is InChI=1S/C16H16ClN3O4/c17-16-12(20-6-2-1-3-13(20)18-16)4-5-14(21)19-7-8-24-11(10-19)9-15(22)23/h1-6,11H,7-10H2,(H,22,23). The van der Waals surface area contributed by atoms with Gasteiger partial charge in [-0.05, 0) is 18.2 Å². The number of pyridine rings is 1. The van der Waals surface area contributed by atoms with Gasteiger partial charge in [0.15, 0.2) is 5.15 Å². The number of ether oxygens (including phenoxy) is 1. The van der Waals surface area contributed by atoms with E-state index in [4.69, 9.17) is 21.4 Å². The van der Waals surface area contributed by atoms with E-state index in [0.717, 1.165) is 0 Å². The van der Waals surface area contributed by atoms with Crippen LogP contribution in [-0.4, -0.2) is 57.1 Å². The first-order valence-electron chi connectivity index (χ1n) is 7.47. The zero-order valence-electron chi connectivity index (χ0n) is 12.8. The minimum absolute atomic E-state index is 0.118. The fourth-order valence-corrected chi connectivity index (χ4v) is 2.87. The summed E-state index contributed by atoms with van der Waals surface area (Å²) in [6, 6.07) is 5.53. The predicted molar refractivity (Wildman–Crippen MR) is 87.8 cm³/mol. The fraction of sp³-hybridized carbons (Fsp3) is 0.312. The second-order valence-corrected chi connectivity index (χ2v) is 5.78. The van der Waals surface area contributed by atoms with Crippen LogP contribution >= 0.6 is 11.6 Å². The highest BCUT2D eigenvalue weighted by Crippen LogP contribution is 2.19. The number of nitrogens with zero attached hydrogens (tertiary/aromatic N) is 3. The maximum Gasteiger partial charge on any atom is 0.306 e. The van der Waals surface area contributed by atoms with Crippen molar-refractivity contribution in [3.05, 3.63) is 41.3 Å². The van der Waals surface area contributed by atoms with Gasteiger partial charge in [-0.2, -0.15) is 0 Å². The quantitative estimate of drug-likeness (QED) is 0.849. The summed E-state index contributed by atoms with van der Waals surface area (Å²) < 4.78 is 7.15. The van der Waals surface area contributed by atoms with Crippen molar-refractivity contribution in [2.24, 2.45) is 0 Å². The van der Waals surface area contributed by atoms with Gasteiger partial charge in [0, 0.05) is 25.4 Å². The largest absolute Gasteiger partial charge is 0.481 e. The third kappa shape index (κ3) is 3.58. The monoisotopic (exact) mass is 349 g/mol. The summed E-state index contributed by atoms with van der Waals surface area (Å²) in [4.78, 5) is 28.9. The first kappa shape index (κ1) is 16.5. The van der Waals surface area contributed by atoms with E-state index in [9.17, 15) is 9.59 Å². The van der Waals surface area contributed by atoms with Crippen LogP contribution in [0.2, 0.25) is 5.15 Å². The summed E-state index contributed by atoms with van der Waals surface area (Å²) in [5.41, 5.74) is 1.32. The molecule has 0 spiro atoms. The number of hydrogen-bond donors (Lipinski definition) is 1. The summed E-state index contributed by atoms with van der Waals surface area (Å²) in [7, 11) is 0. The molecule has 1 atom stereocenters. The number of hydrogen-bond acceptors (Lipinski definition) is 4. The number of carbonyl (C=O) groups excluding carboxylic acids is 1. The topological polar surface area (TPSA) is 84.1 Å². The molecule has 24 heavy (non-hydrogen) atoms. The number of fused-ring (bicyclic) bond motifs is 1. The maximum absolute atomic E-state index is 12.3. The Morgan fingerprint density at radius 3 is 3.08 bits per heavy atom. The molecule has 1 saturated heterocycles. The van der Waals surface area contributed by atoms with Crippen LogP contribution in [0.15, 0.2) is 30.5 Å². The first-order chi connectivity index (χ1) is 11.5. The van der Waals surface area contributed by atoms with Gasteiger partial charge in [-0.3, -0.25) is 14.0 Å². The van der Waals surface area contributed by atoms with Gasteiger partial charge >= 0.3 is 5.97 Å². The van der Waals surface area contributed by atoms with Crippen molar-refractivity contribution in [1.82, 2.24) is 14.3 Å². The van der Waals surface area contributed by atoms with E-state index in [1.807, 2.05) is 24.4 Å². The van der Waals surface area contributed by atoms with E-state index in [2.05, 4.69) is 4.98 Å². The molecule has 2 aromatic heterocycles. The molecule has 1 aliphatic heterocycles. The number of imidazole rings is 1. The zero-order valence-corrected chi connectivity index (χ0v) is 13.5. The van der Waals surface area contributed by atoms with Gasteiger partial charge < -0.3 is 14.7 Å². The van der Waals surface area contributed by atoms with Crippen LogP contribution in [0.25, 0.3) is 11.7 Å². The first-order valence-corrected chi connectivity index (χ1v) is 7.85. The van der Waals surface area contributed by atoms with E-state index in [0.29, 0.717) is 29.6 Å². The molecule has 126 valence electrons. The van der Waals surface area contributed by atoms with E-state index in [-0.39, 0.29) is 18.9 Å². The van der Waals surface area contributed by atoms with Crippen molar-refractivity contribution in [3.63, 3.8) is 0 Å². The Morgan fingerprint density at radius 2 is 2.29 bits per heavy atom. The lowest BCUT2D eigenvalue weighted by Crippen LogP contribution is -2.45. The fourth-order valence-electron chi connectivity index (χ4n) is 2.63. The highest BCUT2D eigenvalue weighted by atomic mass is 35.5. The Hall–Kier alpha value is -2.38. The Bertz CT molecular complexity index is 802. The van der Waals surface area contributed by atoms with Crippen molar-refractivity contribution >= 4 is 35.2 Å². The molecule has 0 bridgehead atoms.